The highest BCUT2D eigenvalue weighted by molar-refractivity contribution is 5.78. The van der Waals surface area contributed by atoms with Crippen molar-refractivity contribution in [2.45, 2.75) is 31.8 Å². The highest BCUT2D eigenvalue weighted by Crippen LogP contribution is 2.26. The predicted octanol–water partition coefficient (Wildman–Crippen LogP) is -0.172. The van der Waals surface area contributed by atoms with Crippen LogP contribution in [-0.4, -0.2) is 30.2 Å². The van der Waals surface area contributed by atoms with Crippen molar-refractivity contribution in [2.75, 3.05) is 13.1 Å². The van der Waals surface area contributed by atoms with Crippen LogP contribution < -0.4 is 11.1 Å². The molecule has 0 radical (unpaired) electrons. The average Bonchev–Trinajstić information content (AvgIpc) is 2.26. The second kappa shape index (κ2) is 6.26. The van der Waals surface area contributed by atoms with E-state index in [9.17, 15) is 14.9 Å². The number of nitrogens with one attached hydrogen (secondary N) is 1. The third-order valence-corrected chi connectivity index (χ3v) is 2.72. The lowest BCUT2D eigenvalue weighted by molar-refractivity contribution is -0.769. The fourth-order valence-corrected chi connectivity index (χ4v) is 1.89. The summed E-state index contributed by atoms with van der Waals surface area (Å²) >= 11 is 0. The molecule has 0 aliphatic heterocycles. The monoisotopic (exact) mass is 231 g/mol. The fraction of sp³-hybridized carbons (Fsp3) is 0.889. The number of amides is 1. The largest absolute Gasteiger partial charge is 0.355 e. The lowest BCUT2D eigenvalue weighted by atomic mass is 9.87. The molecule has 0 heterocycles. The molecule has 3 N–H and O–H groups in total. The molecule has 1 fully saturated rings. The molecule has 92 valence electrons. The molecule has 0 aromatic rings. The Hall–Kier alpha value is -1.37. The summed E-state index contributed by atoms with van der Waals surface area (Å²) in [4.78, 5) is 26.1. The summed E-state index contributed by atoms with van der Waals surface area (Å²) in [5.74, 6) is -0.0665. The van der Waals surface area contributed by atoms with E-state index in [4.69, 9.17) is 5.73 Å². The Labute approximate surface area is 93.4 Å². The van der Waals surface area contributed by atoms with E-state index in [2.05, 4.69) is 10.2 Å². The first kappa shape index (κ1) is 12.7. The summed E-state index contributed by atoms with van der Waals surface area (Å²) in [7, 11) is 0. The van der Waals surface area contributed by atoms with Crippen LogP contribution in [0.15, 0.2) is 0 Å². The van der Waals surface area contributed by atoms with Gasteiger partial charge < -0.3 is 15.9 Å². The molecule has 0 aromatic heterocycles. The molecular weight excluding hydrogens is 214 g/mol. The van der Waals surface area contributed by atoms with E-state index in [0.29, 0.717) is 38.8 Å². The van der Waals surface area contributed by atoms with E-state index in [1.54, 1.807) is 0 Å². The van der Waals surface area contributed by atoms with Gasteiger partial charge in [0.25, 0.3) is 5.09 Å². The summed E-state index contributed by atoms with van der Waals surface area (Å²) in [6, 6.07) is 0. The maximum Gasteiger partial charge on any atom is 0.294 e. The maximum atomic E-state index is 11.5. The standard InChI is InChI=1S/C9H17N3O4/c10-5-6-11-9(13)7-1-3-8(4-2-7)16-12(14)15/h7-8H,1-6,10H2,(H,11,13). The van der Waals surface area contributed by atoms with Gasteiger partial charge in [0.05, 0.1) is 0 Å². The molecule has 0 saturated heterocycles. The first-order chi connectivity index (χ1) is 7.63. The number of rotatable bonds is 5. The van der Waals surface area contributed by atoms with E-state index in [-0.39, 0.29) is 17.9 Å². The Morgan fingerprint density at radius 2 is 2.06 bits per heavy atom. The van der Waals surface area contributed by atoms with Crippen molar-refractivity contribution < 1.29 is 14.7 Å². The van der Waals surface area contributed by atoms with E-state index in [1.165, 1.54) is 0 Å². The highest BCUT2D eigenvalue weighted by atomic mass is 17.0. The van der Waals surface area contributed by atoms with Gasteiger partial charge in [0, 0.05) is 19.0 Å². The summed E-state index contributed by atoms with van der Waals surface area (Å²) in [5.41, 5.74) is 5.27. The number of nitrogens with two attached hydrogens (primary N) is 1. The Bertz CT molecular complexity index is 251. The predicted molar refractivity (Wildman–Crippen MR) is 55.9 cm³/mol. The Morgan fingerprint density at radius 3 is 2.56 bits per heavy atom. The van der Waals surface area contributed by atoms with Crippen molar-refractivity contribution in [1.82, 2.24) is 5.32 Å². The second-order valence-corrected chi connectivity index (χ2v) is 3.88. The minimum atomic E-state index is -0.764. The van der Waals surface area contributed by atoms with Crippen molar-refractivity contribution in [3.63, 3.8) is 0 Å². The van der Waals surface area contributed by atoms with Crippen LogP contribution in [-0.2, 0) is 9.63 Å². The molecule has 1 aliphatic rings. The topological polar surface area (TPSA) is 107 Å². The molecule has 7 nitrogen and oxygen atoms in total. The van der Waals surface area contributed by atoms with Gasteiger partial charge in [-0.3, -0.25) is 4.79 Å². The summed E-state index contributed by atoms with van der Waals surface area (Å²) in [5, 5.41) is 12.1. The van der Waals surface area contributed by atoms with Gasteiger partial charge >= 0.3 is 0 Å². The van der Waals surface area contributed by atoms with Gasteiger partial charge in [0.15, 0.2) is 0 Å². The van der Waals surface area contributed by atoms with Gasteiger partial charge in [-0.05, 0) is 25.7 Å². The zero-order valence-electron chi connectivity index (χ0n) is 9.05. The zero-order chi connectivity index (χ0) is 12.0. The lowest BCUT2D eigenvalue weighted by Crippen LogP contribution is -2.37. The van der Waals surface area contributed by atoms with E-state index in [0.717, 1.165) is 0 Å². The molecular formula is C9H17N3O4. The van der Waals surface area contributed by atoms with E-state index >= 15 is 0 Å². The van der Waals surface area contributed by atoms with Crippen molar-refractivity contribution >= 4 is 5.91 Å². The number of carbonyl (C=O) groups is 1. The molecule has 1 rings (SSSR count). The molecule has 1 saturated carbocycles. The third kappa shape index (κ3) is 4.01. The van der Waals surface area contributed by atoms with Crippen LogP contribution >= 0.6 is 0 Å². The van der Waals surface area contributed by atoms with Crippen molar-refractivity contribution in [3.8, 4) is 0 Å². The van der Waals surface area contributed by atoms with Crippen LogP contribution in [0.1, 0.15) is 25.7 Å². The highest BCUT2D eigenvalue weighted by Gasteiger charge is 2.27. The molecule has 1 aliphatic carbocycles. The van der Waals surface area contributed by atoms with Crippen LogP contribution in [0, 0.1) is 16.0 Å². The van der Waals surface area contributed by atoms with Crippen molar-refractivity contribution in [1.29, 1.82) is 0 Å². The zero-order valence-corrected chi connectivity index (χ0v) is 9.05. The quantitative estimate of drug-likeness (QED) is 0.504. The summed E-state index contributed by atoms with van der Waals surface area (Å²) in [6.07, 6.45) is 2.03. The molecule has 16 heavy (non-hydrogen) atoms. The molecule has 0 bridgehead atoms. The summed E-state index contributed by atoms with van der Waals surface area (Å²) in [6.45, 7) is 0.898. The average molecular weight is 231 g/mol. The number of hydrogen-bond donors (Lipinski definition) is 2. The Morgan fingerprint density at radius 1 is 1.44 bits per heavy atom. The molecule has 7 heteroatoms. The third-order valence-electron chi connectivity index (χ3n) is 2.72. The van der Waals surface area contributed by atoms with E-state index < -0.39 is 5.09 Å². The first-order valence-electron chi connectivity index (χ1n) is 5.42. The number of carbonyl (C=O) groups excluding carboxylic acids is 1. The first-order valence-corrected chi connectivity index (χ1v) is 5.42. The Balaban J connectivity index is 2.25. The van der Waals surface area contributed by atoms with Crippen LogP contribution in [0.25, 0.3) is 0 Å². The Kier molecular flexibility index (Phi) is 4.97. The second-order valence-electron chi connectivity index (χ2n) is 3.88. The van der Waals surface area contributed by atoms with Crippen LogP contribution in [0.3, 0.4) is 0 Å². The van der Waals surface area contributed by atoms with Gasteiger partial charge in [0.2, 0.25) is 5.91 Å². The smallest absolute Gasteiger partial charge is 0.294 e. The number of nitrogens with zero attached hydrogens (tertiary/aromatic N) is 1. The van der Waals surface area contributed by atoms with Gasteiger partial charge in [-0.15, -0.1) is 10.1 Å². The molecule has 0 aromatic carbocycles. The normalized spacial score (nSPS) is 24.8. The SMILES string of the molecule is NCCNC(=O)C1CCC(O[N+](=O)[O-])CC1. The molecule has 1 amide bonds. The van der Waals surface area contributed by atoms with Crippen LogP contribution in [0.2, 0.25) is 0 Å². The van der Waals surface area contributed by atoms with Crippen LogP contribution in [0.4, 0.5) is 0 Å². The van der Waals surface area contributed by atoms with Gasteiger partial charge in [-0.1, -0.05) is 0 Å². The number of hydrogen-bond acceptors (Lipinski definition) is 5. The molecule has 0 spiro atoms. The van der Waals surface area contributed by atoms with Gasteiger partial charge in [-0.2, -0.15) is 0 Å². The summed E-state index contributed by atoms with van der Waals surface area (Å²) < 4.78 is 0. The van der Waals surface area contributed by atoms with Crippen LogP contribution in [0.5, 0.6) is 0 Å². The minimum Gasteiger partial charge on any atom is -0.355 e. The van der Waals surface area contributed by atoms with E-state index in [1.807, 2.05) is 0 Å². The minimum absolute atomic E-state index is 0.00926. The van der Waals surface area contributed by atoms with Gasteiger partial charge in [-0.25, -0.2) is 0 Å². The maximum absolute atomic E-state index is 11.5. The van der Waals surface area contributed by atoms with Crippen molar-refractivity contribution in [3.05, 3.63) is 10.1 Å². The molecule has 0 unspecified atom stereocenters. The van der Waals surface area contributed by atoms with Gasteiger partial charge in [0.1, 0.15) is 6.10 Å². The lowest BCUT2D eigenvalue weighted by Gasteiger charge is -2.26. The van der Waals surface area contributed by atoms with Crippen molar-refractivity contribution in [2.24, 2.45) is 11.7 Å². The fourth-order valence-electron chi connectivity index (χ4n) is 1.89. The molecule has 0 atom stereocenters.